The van der Waals surface area contributed by atoms with Crippen molar-refractivity contribution in [2.75, 3.05) is 6.54 Å². The minimum absolute atomic E-state index is 0.0482. The maximum Gasteiger partial charge on any atom is 0.282 e. The van der Waals surface area contributed by atoms with Crippen molar-refractivity contribution < 1.29 is 13.8 Å². The number of nitrogens with two attached hydrogens (primary N) is 1. The quantitative estimate of drug-likeness (QED) is 0.668. The molecule has 1 aromatic carbocycles. The van der Waals surface area contributed by atoms with Crippen molar-refractivity contribution >= 4 is 5.69 Å². The van der Waals surface area contributed by atoms with Crippen molar-refractivity contribution in [1.29, 1.82) is 0 Å². The normalized spacial score (nSPS) is 12.4. The van der Waals surface area contributed by atoms with Crippen LogP contribution in [0, 0.1) is 15.9 Å². The van der Waals surface area contributed by atoms with Crippen molar-refractivity contribution in [3.63, 3.8) is 0 Å². The van der Waals surface area contributed by atoms with Crippen molar-refractivity contribution in [1.82, 2.24) is 10.1 Å². The van der Waals surface area contributed by atoms with Crippen LogP contribution in [-0.4, -0.2) is 21.6 Å². The van der Waals surface area contributed by atoms with Gasteiger partial charge >= 0.3 is 0 Å². The minimum Gasteiger partial charge on any atom is -0.334 e. The average Bonchev–Trinajstić information content (AvgIpc) is 2.86. The molecular formula is C11H11FN4O3. The molecule has 0 saturated carbocycles. The Labute approximate surface area is 107 Å². The number of nitrogens with zero attached hydrogens (tertiary/aromatic N) is 3. The van der Waals surface area contributed by atoms with Crippen LogP contribution in [-0.2, 0) is 0 Å². The lowest BCUT2D eigenvalue weighted by atomic mass is 10.1. The fourth-order valence-corrected chi connectivity index (χ4v) is 1.49. The molecule has 0 aliphatic rings. The molecule has 0 amide bonds. The molecular weight excluding hydrogens is 255 g/mol. The molecule has 2 aromatic rings. The second-order valence-electron chi connectivity index (χ2n) is 4.01. The van der Waals surface area contributed by atoms with Gasteiger partial charge in [-0.1, -0.05) is 12.1 Å². The van der Waals surface area contributed by atoms with Crippen LogP contribution in [0.2, 0.25) is 0 Å². The Morgan fingerprint density at radius 3 is 2.95 bits per heavy atom. The number of benzene rings is 1. The van der Waals surface area contributed by atoms with E-state index in [0.29, 0.717) is 12.4 Å². The highest BCUT2D eigenvalue weighted by Gasteiger charge is 2.22. The Morgan fingerprint density at radius 1 is 1.58 bits per heavy atom. The molecule has 0 aliphatic carbocycles. The third-order valence-electron chi connectivity index (χ3n) is 2.62. The highest BCUT2D eigenvalue weighted by atomic mass is 19.1. The lowest BCUT2D eigenvalue weighted by Gasteiger charge is -1.99. The Hall–Kier alpha value is -2.35. The van der Waals surface area contributed by atoms with Crippen LogP contribution in [0.3, 0.4) is 0 Å². The molecule has 0 aliphatic heterocycles. The van der Waals surface area contributed by atoms with Gasteiger partial charge in [-0.2, -0.15) is 4.98 Å². The zero-order chi connectivity index (χ0) is 14.0. The van der Waals surface area contributed by atoms with Gasteiger partial charge in [0, 0.05) is 18.5 Å². The van der Waals surface area contributed by atoms with E-state index >= 15 is 0 Å². The maximum atomic E-state index is 13.2. The van der Waals surface area contributed by atoms with Gasteiger partial charge in [-0.3, -0.25) is 10.1 Å². The summed E-state index contributed by atoms with van der Waals surface area (Å²) in [6.07, 6.45) is 0. The standard InChI is InChI=1S/C11H11FN4O3/c1-6(5-13)10-14-11(19-15-10)8-4-7(12)2-3-9(8)16(17)18/h2-4,6H,5,13H2,1H3. The van der Waals surface area contributed by atoms with Crippen LogP contribution in [0.25, 0.3) is 11.5 Å². The summed E-state index contributed by atoms with van der Waals surface area (Å²) in [5, 5.41) is 14.6. The summed E-state index contributed by atoms with van der Waals surface area (Å²) in [6, 6.07) is 3.05. The first-order valence-corrected chi connectivity index (χ1v) is 5.51. The average molecular weight is 266 g/mol. The zero-order valence-corrected chi connectivity index (χ0v) is 10.0. The van der Waals surface area contributed by atoms with Gasteiger partial charge in [-0.15, -0.1) is 0 Å². The van der Waals surface area contributed by atoms with Crippen LogP contribution in [0.4, 0.5) is 10.1 Å². The molecule has 1 atom stereocenters. The summed E-state index contributed by atoms with van der Waals surface area (Å²) in [6.45, 7) is 2.10. The van der Waals surface area contributed by atoms with Crippen LogP contribution in [0.1, 0.15) is 18.7 Å². The SMILES string of the molecule is CC(CN)c1noc(-c2cc(F)ccc2[N+](=O)[O-])n1. The minimum atomic E-state index is -0.634. The molecule has 0 saturated heterocycles. The molecule has 19 heavy (non-hydrogen) atoms. The molecule has 2 rings (SSSR count). The number of halogens is 1. The molecule has 7 nitrogen and oxygen atoms in total. The maximum absolute atomic E-state index is 13.2. The summed E-state index contributed by atoms with van der Waals surface area (Å²) in [5.41, 5.74) is 5.12. The second-order valence-corrected chi connectivity index (χ2v) is 4.01. The molecule has 0 radical (unpaired) electrons. The first kappa shape index (κ1) is 13.1. The van der Waals surface area contributed by atoms with Crippen molar-refractivity contribution in [3.05, 3.63) is 40.0 Å². The van der Waals surface area contributed by atoms with Crippen LogP contribution in [0.5, 0.6) is 0 Å². The number of rotatable bonds is 4. The third kappa shape index (κ3) is 2.58. The zero-order valence-electron chi connectivity index (χ0n) is 10.0. The van der Waals surface area contributed by atoms with Crippen molar-refractivity contribution in [2.24, 2.45) is 5.73 Å². The summed E-state index contributed by atoms with van der Waals surface area (Å²) < 4.78 is 18.1. The predicted molar refractivity (Wildman–Crippen MR) is 63.8 cm³/mol. The van der Waals surface area contributed by atoms with E-state index in [1.165, 1.54) is 0 Å². The van der Waals surface area contributed by atoms with E-state index in [1.54, 1.807) is 6.92 Å². The third-order valence-corrected chi connectivity index (χ3v) is 2.62. The van der Waals surface area contributed by atoms with Gasteiger partial charge in [-0.05, 0) is 12.1 Å². The number of nitro groups is 1. The van der Waals surface area contributed by atoms with Gasteiger partial charge in [0.05, 0.1) is 4.92 Å². The van der Waals surface area contributed by atoms with Gasteiger partial charge in [0.25, 0.3) is 11.6 Å². The summed E-state index contributed by atoms with van der Waals surface area (Å²) in [7, 11) is 0. The molecule has 1 unspecified atom stereocenters. The first-order chi connectivity index (χ1) is 9.02. The molecule has 0 spiro atoms. The molecule has 1 aromatic heterocycles. The lowest BCUT2D eigenvalue weighted by molar-refractivity contribution is -0.384. The molecule has 2 N–H and O–H groups in total. The summed E-state index contributed by atoms with van der Waals surface area (Å²) in [4.78, 5) is 14.2. The van der Waals surface area contributed by atoms with E-state index in [4.69, 9.17) is 10.3 Å². The fourth-order valence-electron chi connectivity index (χ4n) is 1.49. The number of hydrogen-bond donors (Lipinski definition) is 1. The van der Waals surface area contributed by atoms with Crippen molar-refractivity contribution in [3.8, 4) is 11.5 Å². The van der Waals surface area contributed by atoms with Crippen LogP contribution >= 0.6 is 0 Å². The van der Waals surface area contributed by atoms with Gasteiger partial charge < -0.3 is 10.3 Å². The topological polar surface area (TPSA) is 108 Å². The summed E-state index contributed by atoms with van der Waals surface area (Å²) >= 11 is 0. The summed E-state index contributed by atoms with van der Waals surface area (Å²) in [5.74, 6) is -0.533. The van der Waals surface area contributed by atoms with Gasteiger partial charge in [-0.25, -0.2) is 4.39 Å². The Bertz CT molecular complexity index is 614. The monoisotopic (exact) mass is 266 g/mol. The van der Waals surface area contributed by atoms with E-state index in [-0.39, 0.29) is 23.1 Å². The first-order valence-electron chi connectivity index (χ1n) is 5.51. The Balaban J connectivity index is 2.49. The van der Waals surface area contributed by atoms with E-state index in [9.17, 15) is 14.5 Å². The predicted octanol–water partition coefficient (Wildman–Crippen LogP) is 1.85. The smallest absolute Gasteiger partial charge is 0.282 e. The van der Waals surface area contributed by atoms with E-state index in [0.717, 1.165) is 18.2 Å². The molecule has 0 bridgehead atoms. The number of aromatic nitrogens is 2. The number of nitro benzene ring substituents is 1. The molecule has 1 heterocycles. The highest BCUT2D eigenvalue weighted by Crippen LogP contribution is 2.29. The fraction of sp³-hybridized carbons (Fsp3) is 0.273. The van der Waals surface area contributed by atoms with E-state index in [2.05, 4.69) is 10.1 Å². The Morgan fingerprint density at radius 2 is 2.32 bits per heavy atom. The largest absolute Gasteiger partial charge is 0.334 e. The molecule has 8 heteroatoms. The lowest BCUT2D eigenvalue weighted by Crippen LogP contribution is -2.10. The van der Waals surface area contributed by atoms with Crippen LogP contribution < -0.4 is 5.73 Å². The van der Waals surface area contributed by atoms with E-state index in [1.807, 2.05) is 0 Å². The van der Waals surface area contributed by atoms with Crippen molar-refractivity contribution in [2.45, 2.75) is 12.8 Å². The van der Waals surface area contributed by atoms with Gasteiger partial charge in [0.2, 0.25) is 0 Å². The van der Waals surface area contributed by atoms with Gasteiger partial charge in [0.1, 0.15) is 11.4 Å². The molecule has 100 valence electrons. The second kappa shape index (κ2) is 5.11. The molecule has 0 fully saturated rings. The Kier molecular flexibility index (Phi) is 3.52. The van der Waals surface area contributed by atoms with Crippen LogP contribution in [0.15, 0.2) is 22.7 Å². The van der Waals surface area contributed by atoms with Gasteiger partial charge in [0.15, 0.2) is 5.82 Å². The highest BCUT2D eigenvalue weighted by molar-refractivity contribution is 5.66. The number of hydrogen-bond acceptors (Lipinski definition) is 6. The van der Waals surface area contributed by atoms with E-state index < -0.39 is 10.7 Å².